The molecule has 66 valence electrons. The third kappa shape index (κ3) is 2.44. The van der Waals surface area contributed by atoms with Crippen molar-refractivity contribution in [1.82, 2.24) is 5.43 Å². The summed E-state index contributed by atoms with van der Waals surface area (Å²) in [6, 6.07) is 4.65. The SMILES string of the molecule is NNCCc1ccc(F)c(Cl)c1. The lowest BCUT2D eigenvalue weighted by Gasteiger charge is -2.01. The fourth-order valence-corrected chi connectivity index (χ4v) is 1.11. The zero-order valence-electron chi connectivity index (χ0n) is 6.48. The normalized spacial score (nSPS) is 10.2. The summed E-state index contributed by atoms with van der Waals surface area (Å²) in [5, 5.41) is 0.157. The Hall–Kier alpha value is -0.640. The van der Waals surface area contributed by atoms with E-state index in [1.165, 1.54) is 6.07 Å². The van der Waals surface area contributed by atoms with E-state index < -0.39 is 0 Å². The average Bonchev–Trinajstić information content (AvgIpc) is 2.07. The fraction of sp³-hybridized carbons (Fsp3) is 0.250. The maximum absolute atomic E-state index is 12.6. The highest BCUT2D eigenvalue weighted by Crippen LogP contribution is 2.15. The van der Waals surface area contributed by atoms with Crippen LogP contribution in [-0.2, 0) is 6.42 Å². The monoisotopic (exact) mass is 188 g/mol. The van der Waals surface area contributed by atoms with Crippen molar-refractivity contribution in [2.75, 3.05) is 6.54 Å². The molecule has 0 aromatic heterocycles. The summed E-state index contributed by atoms with van der Waals surface area (Å²) in [6.45, 7) is 0.655. The van der Waals surface area contributed by atoms with Crippen molar-refractivity contribution < 1.29 is 4.39 Å². The number of hydrogen-bond donors (Lipinski definition) is 2. The molecule has 0 bridgehead atoms. The second kappa shape index (κ2) is 4.40. The van der Waals surface area contributed by atoms with Crippen molar-refractivity contribution in [2.45, 2.75) is 6.42 Å². The summed E-state index contributed by atoms with van der Waals surface area (Å²) in [6.07, 6.45) is 0.747. The summed E-state index contributed by atoms with van der Waals surface area (Å²) < 4.78 is 12.6. The molecule has 0 unspecified atom stereocenters. The zero-order valence-corrected chi connectivity index (χ0v) is 7.24. The van der Waals surface area contributed by atoms with Gasteiger partial charge in [0.2, 0.25) is 0 Å². The molecule has 0 aliphatic carbocycles. The van der Waals surface area contributed by atoms with Gasteiger partial charge < -0.3 is 0 Å². The molecule has 0 aliphatic rings. The minimum Gasteiger partial charge on any atom is -0.271 e. The predicted octanol–water partition coefficient (Wildman–Crippen LogP) is 1.48. The van der Waals surface area contributed by atoms with Crippen LogP contribution < -0.4 is 11.3 Å². The third-order valence-corrected chi connectivity index (χ3v) is 1.83. The van der Waals surface area contributed by atoms with Crippen LogP contribution in [-0.4, -0.2) is 6.54 Å². The Bertz CT molecular complexity index is 265. The highest BCUT2D eigenvalue weighted by molar-refractivity contribution is 6.30. The third-order valence-electron chi connectivity index (χ3n) is 1.54. The summed E-state index contributed by atoms with van der Waals surface area (Å²) >= 11 is 5.57. The smallest absolute Gasteiger partial charge is 0.141 e. The molecule has 0 fully saturated rings. The Morgan fingerprint density at radius 3 is 2.83 bits per heavy atom. The molecule has 1 aromatic carbocycles. The van der Waals surface area contributed by atoms with Gasteiger partial charge >= 0.3 is 0 Å². The van der Waals surface area contributed by atoms with E-state index in [2.05, 4.69) is 5.43 Å². The van der Waals surface area contributed by atoms with Gasteiger partial charge in [0, 0.05) is 6.54 Å². The first kappa shape index (κ1) is 9.45. The average molecular weight is 189 g/mol. The molecule has 12 heavy (non-hydrogen) atoms. The highest BCUT2D eigenvalue weighted by atomic mass is 35.5. The van der Waals surface area contributed by atoms with E-state index in [9.17, 15) is 4.39 Å². The Morgan fingerprint density at radius 2 is 2.25 bits per heavy atom. The lowest BCUT2D eigenvalue weighted by atomic mass is 10.1. The number of rotatable bonds is 3. The quantitative estimate of drug-likeness (QED) is 0.557. The molecule has 4 heteroatoms. The van der Waals surface area contributed by atoms with Gasteiger partial charge in [-0.25, -0.2) is 4.39 Å². The van der Waals surface area contributed by atoms with Crippen molar-refractivity contribution in [1.29, 1.82) is 0 Å². The molecule has 1 rings (SSSR count). The van der Waals surface area contributed by atoms with E-state index in [1.807, 2.05) is 0 Å². The minimum atomic E-state index is -0.388. The molecule has 0 saturated heterocycles. The number of hydrogen-bond acceptors (Lipinski definition) is 2. The van der Waals surface area contributed by atoms with Crippen molar-refractivity contribution in [3.63, 3.8) is 0 Å². The molecule has 0 heterocycles. The molecule has 2 nitrogen and oxygen atoms in total. The first-order valence-corrected chi connectivity index (χ1v) is 3.99. The summed E-state index contributed by atoms with van der Waals surface area (Å²) in [7, 11) is 0. The van der Waals surface area contributed by atoms with Crippen molar-refractivity contribution in [3.8, 4) is 0 Å². The van der Waals surface area contributed by atoms with Crippen LogP contribution in [0.5, 0.6) is 0 Å². The second-order valence-electron chi connectivity index (χ2n) is 2.45. The van der Waals surface area contributed by atoms with E-state index in [0.29, 0.717) is 6.54 Å². The van der Waals surface area contributed by atoms with Crippen LogP contribution in [0.15, 0.2) is 18.2 Å². The molecule has 0 saturated carbocycles. The van der Waals surface area contributed by atoms with Gasteiger partial charge in [-0.05, 0) is 24.1 Å². The van der Waals surface area contributed by atoms with E-state index in [0.717, 1.165) is 12.0 Å². The first-order valence-electron chi connectivity index (χ1n) is 3.61. The first-order chi connectivity index (χ1) is 5.74. The molecular weight excluding hydrogens is 179 g/mol. The van der Waals surface area contributed by atoms with Crippen molar-refractivity contribution in [2.24, 2.45) is 5.84 Å². The standard InChI is InChI=1S/C8H10ClFN2/c9-7-5-6(3-4-12-11)1-2-8(7)10/h1-2,5,12H,3-4,11H2. The molecule has 3 N–H and O–H groups in total. The lowest BCUT2D eigenvalue weighted by Crippen LogP contribution is -2.24. The van der Waals surface area contributed by atoms with Gasteiger partial charge in [-0.1, -0.05) is 17.7 Å². The summed E-state index contributed by atoms with van der Waals surface area (Å²) in [5.41, 5.74) is 3.49. The van der Waals surface area contributed by atoms with E-state index in [1.54, 1.807) is 12.1 Å². The van der Waals surface area contributed by atoms with Gasteiger partial charge in [0.25, 0.3) is 0 Å². The van der Waals surface area contributed by atoms with Crippen molar-refractivity contribution in [3.05, 3.63) is 34.6 Å². The summed E-state index contributed by atoms with van der Waals surface area (Å²) in [5.74, 6) is 4.70. The van der Waals surface area contributed by atoms with E-state index >= 15 is 0 Å². The maximum atomic E-state index is 12.6. The van der Waals surface area contributed by atoms with Crippen LogP contribution in [0, 0.1) is 5.82 Å². The number of benzene rings is 1. The Morgan fingerprint density at radius 1 is 1.50 bits per heavy atom. The molecule has 0 spiro atoms. The topological polar surface area (TPSA) is 38.0 Å². The number of hydrazine groups is 1. The van der Waals surface area contributed by atoms with Gasteiger partial charge in [-0.15, -0.1) is 0 Å². The summed E-state index contributed by atoms with van der Waals surface area (Å²) in [4.78, 5) is 0. The molecule has 0 aliphatic heterocycles. The second-order valence-corrected chi connectivity index (χ2v) is 2.86. The zero-order chi connectivity index (χ0) is 8.97. The van der Waals surface area contributed by atoms with Gasteiger partial charge in [0.15, 0.2) is 0 Å². The molecular formula is C8H10ClFN2. The number of nitrogens with one attached hydrogen (secondary N) is 1. The van der Waals surface area contributed by atoms with E-state index in [4.69, 9.17) is 17.4 Å². The van der Waals surface area contributed by atoms with Crippen LogP contribution in [0.2, 0.25) is 5.02 Å². The maximum Gasteiger partial charge on any atom is 0.141 e. The molecule has 0 atom stereocenters. The van der Waals surface area contributed by atoms with Gasteiger partial charge in [-0.3, -0.25) is 11.3 Å². The van der Waals surface area contributed by atoms with E-state index in [-0.39, 0.29) is 10.8 Å². The Kier molecular flexibility index (Phi) is 3.47. The van der Waals surface area contributed by atoms with Crippen LogP contribution in [0.3, 0.4) is 0 Å². The Labute approximate surface area is 75.5 Å². The number of nitrogens with two attached hydrogens (primary N) is 1. The lowest BCUT2D eigenvalue weighted by molar-refractivity contribution is 0.627. The minimum absolute atomic E-state index is 0.157. The van der Waals surface area contributed by atoms with Gasteiger partial charge in [-0.2, -0.15) is 0 Å². The number of halogens is 2. The molecule has 0 amide bonds. The van der Waals surface area contributed by atoms with Gasteiger partial charge in [0.1, 0.15) is 5.82 Å². The fourth-order valence-electron chi connectivity index (χ4n) is 0.912. The Balaban J connectivity index is 2.69. The van der Waals surface area contributed by atoms with Gasteiger partial charge in [0.05, 0.1) is 5.02 Å². The largest absolute Gasteiger partial charge is 0.271 e. The predicted molar refractivity (Wildman–Crippen MR) is 47.3 cm³/mol. The highest BCUT2D eigenvalue weighted by Gasteiger charge is 1.99. The van der Waals surface area contributed by atoms with Crippen molar-refractivity contribution >= 4 is 11.6 Å². The molecule has 1 aromatic rings. The van der Waals surface area contributed by atoms with Crippen LogP contribution >= 0.6 is 11.6 Å². The van der Waals surface area contributed by atoms with Crippen LogP contribution in [0.1, 0.15) is 5.56 Å². The molecule has 0 radical (unpaired) electrons. The van der Waals surface area contributed by atoms with Crippen LogP contribution in [0.25, 0.3) is 0 Å². The van der Waals surface area contributed by atoms with Crippen LogP contribution in [0.4, 0.5) is 4.39 Å².